The molecule has 0 heterocycles. The quantitative estimate of drug-likeness (QED) is 0.491. The second-order valence-corrected chi connectivity index (χ2v) is 4.91. The fraction of sp³-hybridized carbons (Fsp3) is 0.0625. The molecule has 0 bridgehead atoms. The summed E-state index contributed by atoms with van der Waals surface area (Å²) < 4.78 is 5.33. The van der Waals surface area contributed by atoms with Crippen LogP contribution in [-0.2, 0) is 0 Å². The Hall–Kier alpha value is -2.86. The highest BCUT2D eigenvalue weighted by molar-refractivity contribution is 6.32. The summed E-state index contributed by atoms with van der Waals surface area (Å²) in [6.07, 6.45) is 1.63. The summed E-state index contributed by atoms with van der Waals surface area (Å²) in [7, 11) is 0. The number of benzene rings is 2. The minimum absolute atomic E-state index is 0.0183. The number of nitro benzene ring substituents is 1. The summed E-state index contributed by atoms with van der Waals surface area (Å²) in [5, 5.41) is 13.5. The molecule has 0 aromatic heterocycles. The van der Waals surface area contributed by atoms with Crippen LogP contribution in [0.3, 0.4) is 0 Å². The number of rotatable bonds is 6. The van der Waals surface area contributed by atoms with Crippen molar-refractivity contribution in [1.82, 2.24) is 0 Å². The Morgan fingerprint density at radius 1 is 1.30 bits per heavy atom. The largest absolute Gasteiger partial charge is 0.490 e. The number of anilines is 1. The molecule has 0 radical (unpaired) electrons. The zero-order chi connectivity index (χ0) is 16.8. The van der Waals surface area contributed by atoms with E-state index in [2.05, 4.69) is 11.9 Å². The highest BCUT2D eigenvalue weighted by Crippen LogP contribution is 2.25. The number of hydrogen-bond acceptors (Lipinski definition) is 4. The molecule has 23 heavy (non-hydrogen) atoms. The summed E-state index contributed by atoms with van der Waals surface area (Å²) >= 11 is 5.72. The van der Waals surface area contributed by atoms with E-state index in [-0.39, 0.29) is 16.3 Å². The number of nitrogens with one attached hydrogen (secondary N) is 1. The third kappa shape index (κ3) is 4.31. The molecule has 1 N–H and O–H groups in total. The molecule has 2 aromatic rings. The molecule has 0 fully saturated rings. The van der Waals surface area contributed by atoms with Gasteiger partial charge in [-0.25, -0.2) is 0 Å². The molecule has 0 unspecified atom stereocenters. The number of nitrogens with zero attached hydrogens (tertiary/aromatic N) is 1. The number of amides is 1. The summed E-state index contributed by atoms with van der Waals surface area (Å²) in [6.45, 7) is 3.94. The van der Waals surface area contributed by atoms with Gasteiger partial charge >= 0.3 is 0 Å². The van der Waals surface area contributed by atoms with Crippen LogP contribution in [0.1, 0.15) is 10.4 Å². The lowest BCUT2D eigenvalue weighted by molar-refractivity contribution is -0.384. The number of hydrogen-bond donors (Lipinski definition) is 1. The van der Waals surface area contributed by atoms with Crippen LogP contribution in [0, 0.1) is 10.1 Å². The predicted octanol–water partition coefficient (Wildman–Crippen LogP) is 4.07. The van der Waals surface area contributed by atoms with Gasteiger partial charge in [-0.05, 0) is 36.4 Å². The second-order valence-electron chi connectivity index (χ2n) is 4.50. The van der Waals surface area contributed by atoms with E-state index in [0.29, 0.717) is 18.0 Å². The SMILES string of the molecule is C=CCOc1ccc(NC(=O)c2ccc(Cl)c([N+](=O)[O-])c2)cc1. The van der Waals surface area contributed by atoms with Crippen molar-refractivity contribution >= 4 is 28.9 Å². The number of carbonyl (C=O) groups excluding carboxylic acids is 1. The van der Waals surface area contributed by atoms with E-state index in [4.69, 9.17) is 16.3 Å². The van der Waals surface area contributed by atoms with E-state index in [9.17, 15) is 14.9 Å². The van der Waals surface area contributed by atoms with Crippen LogP contribution in [0.25, 0.3) is 0 Å². The molecular formula is C16H13ClN2O4. The Morgan fingerprint density at radius 2 is 2.00 bits per heavy atom. The van der Waals surface area contributed by atoms with E-state index in [1.807, 2.05) is 0 Å². The molecule has 6 nitrogen and oxygen atoms in total. The Balaban J connectivity index is 2.11. The monoisotopic (exact) mass is 332 g/mol. The first-order valence-electron chi connectivity index (χ1n) is 6.60. The van der Waals surface area contributed by atoms with E-state index < -0.39 is 10.8 Å². The molecule has 0 aliphatic carbocycles. The first-order chi connectivity index (χ1) is 11.0. The lowest BCUT2D eigenvalue weighted by Gasteiger charge is -2.07. The molecule has 0 spiro atoms. The van der Waals surface area contributed by atoms with Crippen LogP contribution in [0.4, 0.5) is 11.4 Å². The van der Waals surface area contributed by atoms with Crippen LogP contribution < -0.4 is 10.1 Å². The lowest BCUT2D eigenvalue weighted by Crippen LogP contribution is -2.12. The zero-order valence-electron chi connectivity index (χ0n) is 12.0. The minimum Gasteiger partial charge on any atom is -0.490 e. The Labute approximate surface area is 137 Å². The number of ether oxygens (including phenoxy) is 1. The number of nitro groups is 1. The molecule has 0 saturated heterocycles. The fourth-order valence-corrected chi connectivity index (χ4v) is 1.97. The summed E-state index contributed by atoms with van der Waals surface area (Å²) in [5.74, 6) is 0.176. The van der Waals surface area contributed by atoms with Crippen molar-refractivity contribution in [3.8, 4) is 5.75 Å². The van der Waals surface area contributed by atoms with Crippen LogP contribution in [0.2, 0.25) is 5.02 Å². The topological polar surface area (TPSA) is 81.5 Å². The maximum Gasteiger partial charge on any atom is 0.288 e. The van der Waals surface area contributed by atoms with Gasteiger partial charge in [0.1, 0.15) is 17.4 Å². The molecule has 0 saturated carbocycles. The van der Waals surface area contributed by atoms with Crippen molar-refractivity contribution < 1.29 is 14.5 Å². The minimum atomic E-state index is -0.634. The first-order valence-corrected chi connectivity index (χ1v) is 6.98. The molecule has 118 valence electrons. The lowest BCUT2D eigenvalue weighted by atomic mass is 10.2. The summed E-state index contributed by atoms with van der Waals surface area (Å²) in [6, 6.07) is 10.6. The Kier molecular flexibility index (Phi) is 5.32. The van der Waals surface area contributed by atoms with Crippen molar-refractivity contribution in [2.75, 3.05) is 11.9 Å². The van der Waals surface area contributed by atoms with E-state index in [0.717, 1.165) is 6.07 Å². The van der Waals surface area contributed by atoms with Gasteiger partial charge in [0.25, 0.3) is 11.6 Å². The fourth-order valence-electron chi connectivity index (χ4n) is 1.79. The number of carbonyl (C=O) groups is 1. The van der Waals surface area contributed by atoms with Crippen molar-refractivity contribution in [3.63, 3.8) is 0 Å². The van der Waals surface area contributed by atoms with Gasteiger partial charge in [-0.2, -0.15) is 0 Å². The number of halogens is 1. The summed E-state index contributed by atoms with van der Waals surface area (Å²) in [4.78, 5) is 22.3. The molecule has 2 aromatic carbocycles. The van der Waals surface area contributed by atoms with Gasteiger partial charge in [-0.3, -0.25) is 14.9 Å². The highest BCUT2D eigenvalue weighted by atomic mass is 35.5. The second kappa shape index (κ2) is 7.42. The maximum atomic E-state index is 12.1. The van der Waals surface area contributed by atoms with Gasteiger partial charge in [-0.15, -0.1) is 0 Å². The zero-order valence-corrected chi connectivity index (χ0v) is 12.7. The maximum absolute atomic E-state index is 12.1. The molecule has 0 aliphatic rings. The summed E-state index contributed by atoms with van der Waals surface area (Å²) in [5.41, 5.74) is 0.374. The average Bonchev–Trinajstić information content (AvgIpc) is 2.54. The molecule has 7 heteroatoms. The van der Waals surface area contributed by atoms with Gasteiger partial charge in [-0.1, -0.05) is 24.3 Å². The predicted molar refractivity (Wildman–Crippen MR) is 88.2 cm³/mol. The third-order valence-corrected chi connectivity index (χ3v) is 3.20. The standard InChI is InChI=1S/C16H13ClN2O4/c1-2-9-23-13-6-4-12(5-7-13)18-16(20)11-3-8-14(17)15(10-11)19(21)22/h2-8,10H,1,9H2,(H,18,20). The average molecular weight is 333 g/mol. The van der Waals surface area contributed by atoms with Crippen molar-refractivity contribution in [2.24, 2.45) is 0 Å². The highest BCUT2D eigenvalue weighted by Gasteiger charge is 2.16. The normalized spacial score (nSPS) is 9.96. The van der Waals surface area contributed by atoms with Crippen LogP contribution in [0.15, 0.2) is 55.1 Å². The van der Waals surface area contributed by atoms with Gasteiger partial charge in [0.05, 0.1) is 4.92 Å². The van der Waals surface area contributed by atoms with E-state index in [1.165, 1.54) is 12.1 Å². The molecule has 1 amide bonds. The van der Waals surface area contributed by atoms with Gasteiger partial charge < -0.3 is 10.1 Å². The van der Waals surface area contributed by atoms with Crippen molar-refractivity contribution in [1.29, 1.82) is 0 Å². The van der Waals surface area contributed by atoms with Crippen molar-refractivity contribution in [3.05, 3.63) is 75.8 Å². The first kappa shape index (κ1) is 16.5. The van der Waals surface area contributed by atoms with Gasteiger partial charge in [0.2, 0.25) is 0 Å². The van der Waals surface area contributed by atoms with Crippen LogP contribution in [-0.4, -0.2) is 17.4 Å². The molecule has 0 atom stereocenters. The molecule has 0 aliphatic heterocycles. The van der Waals surface area contributed by atoms with E-state index in [1.54, 1.807) is 30.3 Å². The van der Waals surface area contributed by atoms with Crippen molar-refractivity contribution in [2.45, 2.75) is 0 Å². The Morgan fingerprint density at radius 3 is 2.61 bits per heavy atom. The third-order valence-electron chi connectivity index (χ3n) is 2.89. The molecule has 2 rings (SSSR count). The smallest absolute Gasteiger partial charge is 0.288 e. The van der Waals surface area contributed by atoms with Crippen LogP contribution >= 0.6 is 11.6 Å². The van der Waals surface area contributed by atoms with E-state index >= 15 is 0 Å². The van der Waals surface area contributed by atoms with Crippen LogP contribution in [0.5, 0.6) is 5.75 Å². The van der Waals surface area contributed by atoms with Gasteiger partial charge in [0, 0.05) is 17.3 Å². The Bertz CT molecular complexity index is 744. The van der Waals surface area contributed by atoms with Gasteiger partial charge in [0.15, 0.2) is 0 Å². The molecular weight excluding hydrogens is 320 g/mol.